The van der Waals surface area contributed by atoms with Gasteiger partial charge in [0.25, 0.3) is 0 Å². The number of hydrogen-bond acceptors (Lipinski definition) is 5. The molecule has 1 saturated heterocycles. The van der Waals surface area contributed by atoms with Crippen LogP contribution in [0.4, 0.5) is 5.69 Å². The van der Waals surface area contributed by atoms with Crippen LogP contribution in [-0.4, -0.2) is 36.9 Å². The highest BCUT2D eigenvalue weighted by Crippen LogP contribution is 2.30. The van der Waals surface area contributed by atoms with E-state index >= 15 is 0 Å². The van der Waals surface area contributed by atoms with Crippen molar-refractivity contribution >= 4 is 33.8 Å². The lowest BCUT2D eigenvalue weighted by atomic mass is 9.98. The molecule has 1 fully saturated rings. The van der Waals surface area contributed by atoms with Crippen LogP contribution in [0.3, 0.4) is 0 Å². The van der Waals surface area contributed by atoms with E-state index in [2.05, 4.69) is 10.5 Å². The van der Waals surface area contributed by atoms with E-state index in [1.54, 1.807) is 13.0 Å². The summed E-state index contributed by atoms with van der Waals surface area (Å²) in [5.41, 5.74) is 5.30. The van der Waals surface area contributed by atoms with E-state index in [-0.39, 0.29) is 23.1 Å². The van der Waals surface area contributed by atoms with Crippen LogP contribution in [0.25, 0.3) is 12.2 Å². The third kappa shape index (κ3) is 5.44. The Kier molecular flexibility index (Phi) is 7.76. The second-order valence-corrected chi connectivity index (χ2v) is 11.2. The number of nitrogens with zero attached hydrogens (tertiary/aromatic N) is 2. The average Bonchev–Trinajstić information content (AvgIpc) is 3.26. The molecule has 8 heteroatoms. The average molecular weight is 508 g/mol. The van der Waals surface area contributed by atoms with Gasteiger partial charge in [-0.15, -0.1) is 0 Å². The van der Waals surface area contributed by atoms with Gasteiger partial charge in [-0.3, -0.25) is 4.79 Å². The number of carbonyl (C=O) groups excluding carboxylic acids is 1. The highest BCUT2D eigenvalue weighted by atomic mass is 32.2. The molecule has 0 saturated carbocycles. The minimum Gasteiger partial charge on any atom is -0.355 e. The molecule has 2 aromatic carbocycles. The SMILES string of the molecule is CCc1ccccc1NC(=O)[C@@H]1CCCN(S(=O)(=O)c2c(C)noc2/C=C/c2cc(C)ccc2C)C1. The predicted molar refractivity (Wildman–Crippen MR) is 142 cm³/mol. The standard InChI is InChI=1S/C28H33N3O4S/c1-5-22-9-6-7-11-25(22)29-28(32)24-10-8-16-31(18-24)36(33,34)27-21(4)30-35-26(27)15-14-23-17-19(2)12-13-20(23)3/h6-7,9,11-15,17,24H,5,8,10,16,18H2,1-4H3,(H,29,32)/b15-14+/t24-/m1/s1. The summed E-state index contributed by atoms with van der Waals surface area (Å²) in [5.74, 6) is -0.405. The smallest absolute Gasteiger partial charge is 0.248 e. The number of sulfonamides is 1. The number of carbonyl (C=O) groups is 1. The molecule has 36 heavy (non-hydrogen) atoms. The first kappa shape index (κ1) is 25.9. The highest BCUT2D eigenvalue weighted by molar-refractivity contribution is 7.89. The number of anilines is 1. The summed E-state index contributed by atoms with van der Waals surface area (Å²) in [6.45, 7) is 8.14. The fraction of sp³-hybridized carbons (Fsp3) is 0.357. The molecule has 1 N–H and O–H groups in total. The van der Waals surface area contributed by atoms with Crippen molar-refractivity contribution in [2.24, 2.45) is 5.92 Å². The van der Waals surface area contributed by atoms with Crippen LogP contribution in [-0.2, 0) is 21.2 Å². The van der Waals surface area contributed by atoms with E-state index in [4.69, 9.17) is 4.52 Å². The number of aryl methyl sites for hydroxylation is 4. The summed E-state index contributed by atoms with van der Waals surface area (Å²) in [7, 11) is -3.91. The Morgan fingerprint density at radius 3 is 2.72 bits per heavy atom. The second kappa shape index (κ2) is 10.8. The van der Waals surface area contributed by atoms with Gasteiger partial charge in [0, 0.05) is 18.8 Å². The van der Waals surface area contributed by atoms with Crippen molar-refractivity contribution in [3.63, 3.8) is 0 Å². The van der Waals surface area contributed by atoms with Crippen LogP contribution >= 0.6 is 0 Å². The maximum Gasteiger partial charge on any atom is 0.248 e. The van der Waals surface area contributed by atoms with Crippen LogP contribution in [0.2, 0.25) is 0 Å². The minimum atomic E-state index is -3.91. The van der Waals surface area contributed by atoms with Gasteiger partial charge in [-0.25, -0.2) is 8.42 Å². The number of piperidine rings is 1. The molecule has 1 amide bonds. The van der Waals surface area contributed by atoms with Gasteiger partial charge in [0.05, 0.1) is 5.92 Å². The van der Waals surface area contributed by atoms with Gasteiger partial charge in [-0.05, 0) is 68.9 Å². The lowest BCUT2D eigenvalue weighted by Crippen LogP contribution is -2.44. The van der Waals surface area contributed by atoms with Crippen molar-refractivity contribution in [2.45, 2.75) is 51.9 Å². The summed E-state index contributed by atoms with van der Waals surface area (Å²) in [6.07, 6.45) is 5.54. The monoisotopic (exact) mass is 507 g/mol. The minimum absolute atomic E-state index is 0.0569. The Morgan fingerprint density at radius 2 is 1.94 bits per heavy atom. The van der Waals surface area contributed by atoms with E-state index in [1.165, 1.54) is 4.31 Å². The third-order valence-corrected chi connectivity index (χ3v) is 8.72. The van der Waals surface area contributed by atoms with Gasteiger partial charge in [0.15, 0.2) is 10.7 Å². The van der Waals surface area contributed by atoms with E-state index in [9.17, 15) is 13.2 Å². The molecular formula is C28H33N3O4S. The molecule has 0 unspecified atom stereocenters. The van der Waals surface area contributed by atoms with Crippen molar-refractivity contribution < 1.29 is 17.7 Å². The van der Waals surface area contributed by atoms with Gasteiger partial charge >= 0.3 is 0 Å². The number of hydrogen-bond donors (Lipinski definition) is 1. The fourth-order valence-electron chi connectivity index (χ4n) is 4.59. The van der Waals surface area contributed by atoms with E-state index < -0.39 is 15.9 Å². The Labute approximate surface area is 213 Å². The van der Waals surface area contributed by atoms with Gasteiger partial charge in [-0.2, -0.15) is 4.31 Å². The Morgan fingerprint density at radius 1 is 1.17 bits per heavy atom. The summed E-state index contributed by atoms with van der Waals surface area (Å²) < 4.78 is 34.2. The number of amides is 1. The largest absolute Gasteiger partial charge is 0.355 e. The third-order valence-electron chi connectivity index (χ3n) is 6.69. The first-order chi connectivity index (χ1) is 17.2. The summed E-state index contributed by atoms with van der Waals surface area (Å²) in [6, 6.07) is 13.8. The maximum absolute atomic E-state index is 13.7. The van der Waals surface area contributed by atoms with Crippen molar-refractivity contribution in [2.75, 3.05) is 18.4 Å². The summed E-state index contributed by atoms with van der Waals surface area (Å²) in [5, 5.41) is 6.95. The lowest BCUT2D eigenvalue weighted by molar-refractivity contribution is -0.120. The van der Waals surface area contributed by atoms with Crippen LogP contribution in [0.1, 0.15) is 53.5 Å². The molecule has 0 bridgehead atoms. The molecule has 7 nitrogen and oxygen atoms in total. The van der Waals surface area contributed by atoms with E-state index in [0.29, 0.717) is 25.1 Å². The van der Waals surface area contributed by atoms with Crippen molar-refractivity contribution in [3.8, 4) is 0 Å². The van der Waals surface area contributed by atoms with Crippen LogP contribution < -0.4 is 5.32 Å². The summed E-state index contributed by atoms with van der Waals surface area (Å²) in [4.78, 5) is 13.1. The first-order valence-electron chi connectivity index (χ1n) is 12.3. The topological polar surface area (TPSA) is 92.5 Å². The zero-order valence-corrected chi connectivity index (χ0v) is 22.1. The Bertz CT molecular complexity index is 1390. The number of para-hydroxylation sites is 1. The molecule has 3 aromatic rings. The molecule has 2 heterocycles. The molecule has 1 atom stereocenters. The van der Waals surface area contributed by atoms with E-state index in [0.717, 1.165) is 34.4 Å². The molecule has 0 spiro atoms. The van der Waals surface area contributed by atoms with Crippen molar-refractivity contribution in [3.05, 3.63) is 76.2 Å². The Hall–Kier alpha value is -3.23. The van der Waals surface area contributed by atoms with Crippen LogP contribution in [0, 0.1) is 26.7 Å². The van der Waals surface area contributed by atoms with Crippen LogP contribution in [0.15, 0.2) is 51.9 Å². The second-order valence-electron chi connectivity index (χ2n) is 9.36. The number of benzene rings is 2. The fourth-order valence-corrected chi connectivity index (χ4v) is 6.37. The van der Waals surface area contributed by atoms with Gasteiger partial charge in [0.2, 0.25) is 15.9 Å². The van der Waals surface area contributed by atoms with Gasteiger partial charge in [-0.1, -0.05) is 60.1 Å². The van der Waals surface area contributed by atoms with E-state index in [1.807, 2.05) is 69.3 Å². The zero-order valence-electron chi connectivity index (χ0n) is 21.2. The maximum atomic E-state index is 13.7. The molecular weight excluding hydrogens is 474 g/mol. The molecule has 0 aliphatic carbocycles. The van der Waals surface area contributed by atoms with Crippen LogP contribution in [0.5, 0.6) is 0 Å². The van der Waals surface area contributed by atoms with Crippen molar-refractivity contribution in [1.82, 2.24) is 9.46 Å². The number of aromatic nitrogens is 1. The Balaban J connectivity index is 1.55. The van der Waals surface area contributed by atoms with Gasteiger partial charge < -0.3 is 9.84 Å². The zero-order chi connectivity index (χ0) is 25.9. The molecule has 1 aliphatic heterocycles. The molecule has 0 radical (unpaired) electrons. The molecule has 1 aliphatic rings. The quantitative estimate of drug-likeness (QED) is 0.464. The van der Waals surface area contributed by atoms with Crippen molar-refractivity contribution in [1.29, 1.82) is 0 Å². The molecule has 1 aromatic heterocycles. The van der Waals surface area contributed by atoms with Gasteiger partial charge in [0.1, 0.15) is 5.69 Å². The first-order valence-corrected chi connectivity index (χ1v) is 13.7. The lowest BCUT2D eigenvalue weighted by Gasteiger charge is -2.31. The number of nitrogens with one attached hydrogen (secondary N) is 1. The number of rotatable bonds is 7. The summed E-state index contributed by atoms with van der Waals surface area (Å²) >= 11 is 0. The molecule has 4 rings (SSSR count). The predicted octanol–water partition coefficient (Wildman–Crippen LogP) is 5.37. The highest BCUT2D eigenvalue weighted by Gasteiger charge is 2.37. The normalized spacial score (nSPS) is 16.9. The molecule has 190 valence electrons.